The van der Waals surface area contributed by atoms with Crippen molar-refractivity contribution < 1.29 is 22.8 Å². The predicted molar refractivity (Wildman–Crippen MR) is 87.8 cm³/mol. The maximum Gasteiger partial charge on any atom is 0.416 e. The van der Waals surface area contributed by atoms with E-state index < -0.39 is 24.3 Å². The summed E-state index contributed by atoms with van der Waals surface area (Å²) in [6, 6.07) is 13.6. The van der Waals surface area contributed by atoms with E-state index in [1.54, 1.807) is 0 Å². The van der Waals surface area contributed by atoms with Crippen molar-refractivity contribution in [2.24, 2.45) is 10.9 Å². The molecule has 1 amide bonds. The molecular formula is C17H16F3N3O2. The standard InChI is InChI=1S/C17H16F3N3O2/c18-17(19,20)13-7-4-8-14(10-13)22-16(24)11-25-23-15(21)9-12-5-2-1-3-6-12/h1-8,10H,9,11H2,(H2,21,23)(H,22,24). The molecule has 0 saturated heterocycles. The van der Waals surface area contributed by atoms with E-state index in [4.69, 9.17) is 10.6 Å². The minimum Gasteiger partial charge on any atom is -0.384 e. The first-order valence-electron chi connectivity index (χ1n) is 7.30. The quantitative estimate of drug-likeness (QED) is 0.477. The number of nitrogens with zero attached hydrogens (tertiary/aromatic N) is 1. The number of carbonyl (C=O) groups is 1. The van der Waals surface area contributed by atoms with E-state index in [0.29, 0.717) is 6.42 Å². The molecule has 0 unspecified atom stereocenters. The normalized spacial score (nSPS) is 11.9. The van der Waals surface area contributed by atoms with Crippen LogP contribution in [0, 0.1) is 0 Å². The summed E-state index contributed by atoms with van der Waals surface area (Å²) in [4.78, 5) is 16.5. The summed E-state index contributed by atoms with van der Waals surface area (Å²) in [7, 11) is 0. The van der Waals surface area contributed by atoms with Crippen LogP contribution >= 0.6 is 0 Å². The number of rotatable bonds is 6. The second-order valence-corrected chi connectivity index (χ2v) is 5.15. The van der Waals surface area contributed by atoms with Crippen molar-refractivity contribution in [2.45, 2.75) is 12.6 Å². The SMILES string of the molecule is N/C(Cc1ccccc1)=N\OCC(=O)Nc1cccc(C(F)(F)F)c1. The van der Waals surface area contributed by atoms with E-state index in [-0.39, 0.29) is 11.5 Å². The molecule has 2 aromatic carbocycles. The molecule has 2 rings (SSSR count). The molecule has 8 heteroatoms. The van der Waals surface area contributed by atoms with Gasteiger partial charge in [-0.15, -0.1) is 0 Å². The maximum atomic E-state index is 12.6. The fourth-order valence-corrected chi connectivity index (χ4v) is 1.98. The summed E-state index contributed by atoms with van der Waals surface area (Å²) >= 11 is 0. The highest BCUT2D eigenvalue weighted by Gasteiger charge is 2.30. The van der Waals surface area contributed by atoms with E-state index in [9.17, 15) is 18.0 Å². The number of hydrogen-bond donors (Lipinski definition) is 2. The van der Waals surface area contributed by atoms with Crippen molar-refractivity contribution in [3.05, 3.63) is 65.7 Å². The summed E-state index contributed by atoms with van der Waals surface area (Å²) < 4.78 is 37.8. The highest BCUT2D eigenvalue weighted by molar-refractivity contribution is 5.91. The molecule has 0 aliphatic heterocycles. The zero-order chi connectivity index (χ0) is 18.3. The third-order valence-electron chi connectivity index (χ3n) is 3.08. The van der Waals surface area contributed by atoms with Gasteiger partial charge >= 0.3 is 6.18 Å². The molecular weight excluding hydrogens is 335 g/mol. The van der Waals surface area contributed by atoms with Gasteiger partial charge in [-0.1, -0.05) is 41.6 Å². The van der Waals surface area contributed by atoms with E-state index in [1.807, 2.05) is 30.3 Å². The van der Waals surface area contributed by atoms with Gasteiger partial charge in [-0.3, -0.25) is 4.79 Å². The van der Waals surface area contributed by atoms with Crippen LogP contribution in [-0.2, 0) is 22.2 Å². The number of alkyl halides is 3. The van der Waals surface area contributed by atoms with Crippen molar-refractivity contribution in [2.75, 3.05) is 11.9 Å². The highest BCUT2D eigenvalue weighted by atomic mass is 19.4. The number of hydrogen-bond acceptors (Lipinski definition) is 3. The van der Waals surface area contributed by atoms with Crippen LogP contribution in [-0.4, -0.2) is 18.3 Å². The van der Waals surface area contributed by atoms with Crippen LogP contribution < -0.4 is 11.1 Å². The number of nitrogens with two attached hydrogens (primary N) is 1. The number of carbonyl (C=O) groups excluding carboxylic acids is 1. The summed E-state index contributed by atoms with van der Waals surface area (Å²) in [5.74, 6) is -0.464. The Bertz CT molecular complexity index is 746. The second-order valence-electron chi connectivity index (χ2n) is 5.15. The second kappa shape index (κ2) is 8.18. The van der Waals surface area contributed by atoms with Crippen LogP contribution in [0.3, 0.4) is 0 Å². The van der Waals surface area contributed by atoms with Gasteiger partial charge < -0.3 is 15.9 Å². The van der Waals surface area contributed by atoms with Crippen LogP contribution in [0.5, 0.6) is 0 Å². The first kappa shape index (κ1) is 18.3. The van der Waals surface area contributed by atoms with Gasteiger partial charge in [0.2, 0.25) is 0 Å². The minimum absolute atomic E-state index is 0.0182. The Morgan fingerprint density at radius 1 is 1.12 bits per heavy atom. The average molecular weight is 351 g/mol. The van der Waals surface area contributed by atoms with Crippen molar-refractivity contribution in [1.29, 1.82) is 0 Å². The maximum absolute atomic E-state index is 12.6. The van der Waals surface area contributed by atoms with Gasteiger partial charge in [-0.25, -0.2) is 0 Å². The van der Waals surface area contributed by atoms with E-state index in [2.05, 4.69) is 10.5 Å². The molecule has 5 nitrogen and oxygen atoms in total. The summed E-state index contributed by atoms with van der Waals surface area (Å²) in [5, 5.41) is 5.92. The highest BCUT2D eigenvalue weighted by Crippen LogP contribution is 2.30. The van der Waals surface area contributed by atoms with Crippen LogP contribution in [0.4, 0.5) is 18.9 Å². The Morgan fingerprint density at radius 2 is 1.84 bits per heavy atom. The molecule has 25 heavy (non-hydrogen) atoms. The molecule has 3 N–H and O–H groups in total. The first-order chi connectivity index (χ1) is 11.8. The Morgan fingerprint density at radius 3 is 2.52 bits per heavy atom. The molecule has 0 aliphatic carbocycles. The number of amides is 1. The average Bonchev–Trinajstić information content (AvgIpc) is 2.55. The molecule has 0 heterocycles. The molecule has 0 bridgehead atoms. The number of amidine groups is 1. The Labute approximate surface area is 142 Å². The molecule has 0 aliphatic rings. The van der Waals surface area contributed by atoms with Crippen molar-refractivity contribution in [3.63, 3.8) is 0 Å². The number of anilines is 1. The van der Waals surface area contributed by atoms with E-state index in [1.165, 1.54) is 12.1 Å². The summed E-state index contributed by atoms with van der Waals surface area (Å²) in [6.07, 6.45) is -4.12. The fourth-order valence-electron chi connectivity index (χ4n) is 1.98. The van der Waals surface area contributed by atoms with Gasteiger partial charge in [-0.05, 0) is 23.8 Å². The Hall–Kier alpha value is -3.03. The van der Waals surface area contributed by atoms with Gasteiger partial charge in [0, 0.05) is 12.1 Å². The van der Waals surface area contributed by atoms with Gasteiger partial charge in [0.25, 0.3) is 5.91 Å². The van der Waals surface area contributed by atoms with Crippen molar-refractivity contribution in [1.82, 2.24) is 0 Å². The molecule has 132 valence electrons. The third kappa shape index (κ3) is 6.17. The molecule has 2 aromatic rings. The lowest BCUT2D eigenvalue weighted by Crippen LogP contribution is -2.20. The van der Waals surface area contributed by atoms with Gasteiger partial charge in [0.1, 0.15) is 5.84 Å². The largest absolute Gasteiger partial charge is 0.416 e. The zero-order valence-electron chi connectivity index (χ0n) is 13.1. The third-order valence-corrected chi connectivity index (χ3v) is 3.08. The molecule has 0 atom stereocenters. The monoisotopic (exact) mass is 351 g/mol. The molecule has 0 aromatic heterocycles. The number of benzene rings is 2. The number of oxime groups is 1. The Balaban J connectivity index is 1.83. The number of halogens is 3. The fraction of sp³-hybridized carbons (Fsp3) is 0.176. The molecule has 0 saturated carbocycles. The first-order valence-corrected chi connectivity index (χ1v) is 7.30. The van der Waals surface area contributed by atoms with Crippen molar-refractivity contribution in [3.8, 4) is 0 Å². The van der Waals surface area contributed by atoms with Crippen LogP contribution in [0.15, 0.2) is 59.8 Å². The minimum atomic E-state index is -4.48. The Kier molecular flexibility index (Phi) is 5.99. The van der Waals surface area contributed by atoms with Gasteiger partial charge in [-0.2, -0.15) is 13.2 Å². The van der Waals surface area contributed by atoms with Crippen LogP contribution in [0.2, 0.25) is 0 Å². The smallest absolute Gasteiger partial charge is 0.384 e. The molecule has 0 radical (unpaired) electrons. The zero-order valence-corrected chi connectivity index (χ0v) is 13.1. The van der Waals surface area contributed by atoms with E-state index in [0.717, 1.165) is 17.7 Å². The van der Waals surface area contributed by atoms with E-state index >= 15 is 0 Å². The van der Waals surface area contributed by atoms with Crippen LogP contribution in [0.25, 0.3) is 0 Å². The lowest BCUT2D eigenvalue weighted by atomic mass is 10.1. The summed E-state index contributed by atoms with van der Waals surface area (Å²) in [5.41, 5.74) is 5.78. The molecule has 0 fully saturated rings. The molecule has 0 spiro atoms. The van der Waals surface area contributed by atoms with Crippen molar-refractivity contribution >= 4 is 17.4 Å². The van der Waals surface area contributed by atoms with Gasteiger partial charge in [0.15, 0.2) is 6.61 Å². The topological polar surface area (TPSA) is 76.7 Å². The van der Waals surface area contributed by atoms with Crippen LogP contribution in [0.1, 0.15) is 11.1 Å². The summed E-state index contributed by atoms with van der Waals surface area (Å²) in [6.45, 7) is -0.467. The van der Waals surface area contributed by atoms with Gasteiger partial charge in [0.05, 0.1) is 5.56 Å². The predicted octanol–water partition coefficient (Wildman–Crippen LogP) is 3.18. The lowest BCUT2D eigenvalue weighted by molar-refractivity contribution is -0.137. The number of nitrogens with one attached hydrogen (secondary N) is 1. The lowest BCUT2D eigenvalue weighted by Gasteiger charge is -2.09.